The predicted molar refractivity (Wildman–Crippen MR) is 77.1 cm³/mol. The molecule has 0 atom stereocenters. The van der Waals surface area contributed by atoms with Crippen molar-refractivity contribution in [3.05, 3.63) is 29.6 Å². The summed E-state index contributed by atoms with van der Waals surface area (Å²) in [6.45, 7) is 5.18. The van der Waals surface area contributed by atoms with E-state index in [9.17, 15) is 4.39 Å². The van der Waals surface area contributed by atoms with Crippen LogP contribution >= 0.6 is 0 Å². The first kappa shape index (κ1) is 15.9. The van der Waals surface area contributed by atoms with Crippen LogP contribution in [0.3, 0.4) is 0 Å². The number of hydrogen-bond donors (Lipinski definition) is 1. The number of hydrogen-bond acceptors (Lipinski definition) is 3. The largest absolute Gasteiger partial charge is 0.491 e. The van der Waals surface area contributed by atoms with Crippen molar-refractivity contribution in [2.24, 2.45) is 0 Å². The van der Waals surface area contributed by atoms with Crippen LogP contribution in [0.25, 0.3) is 0 Å². The molecule has 4 heteroatoms. The van der Waals surface area contributed by atoms with E-state index in [0.717, 1.165) is 31.6 Å². The number of nitrogens with zero attached hydrogens (tertiary/aromatic N) is 1. The monoisotopic (exact) mass is 268 g/mol. The zero-order valence-corrected chi connectivity index (χ0v) is 12.2. The molecule has 1 aromatic rings. The van der Waals surface area contributed by atoms with E-state index in [2.05, 4.69) is 17.3 Å². The van der Waals surface area contributed by atoms with E-state index >= 15 is 0 Å². The number of halogens is 1. The maximum atomic E-state index is 13.7. The van der Waals surface area contributed by atoms with Gasteiger partial charge in [0.1, 0.15) is 0 Å². The summed E-state index contributed by atoms with van der Waals surface area (Å²) < 4.78 is 18.9. The van der Waals surface area contributed by atoms with Crippen LogP contribution in [-0.4, -0.2) is 38.7 Å². The van der Waals surface area contributed by atoms with Crippen LogP contribution < -0.4 is 10.1 Å². The van der Waals surface area contributed by atoms with Crippen LogP contribution in [0, 0.1) is 5.82 Å². The molecule has 0 radical (unpaired) electrons. The van der Waals surface area contributed by atoms with E-state index in [4.69, 9.17) is 4.74 Å². The second-order valence-electron chi connectivity index (χ2n) is 4.75. The van der Waals surface area contributed by atoms with Gasteiger partial charge in [0.15, 0.2) is 11.6 Å². The van der Waals surface area contributed by atoms with Crippen molar-refractivity contribution < 1.29 is 9.13 Å². The lowest BCUT2D eigenvalue weighted by Gasteiger charge is -2.17. The third-order valence-corrected chi connectivity index (χ3v) is 2.97. The molecule has 1 aromatic carbocycles. The minimum absolute atomic E-state index is 0.275. The molecule has 0 bridgehead atoms. The minimum atomic E-state index is -0.275. The summed E-state index contributed by atoms with van der Waals surface area (Å²) in [6, 6.07) is 5.20. The Morgan fingerprint density at radius 1 is 1.32 bits per heavy atom. The molecule has 0 spiro atoms. The fraction of sp³-hybridized carbons (Fsp3) is 0.600. The number of ether oxygens (including phenoxy) is 1. The van der Waals surface area contributed by atoms with E-state index in [1.165, 1.54) is 6.42 Å². The lowest BCUT2D eigenvalue weighted by atomic mass is 10.2. The predicted octanol–water partition coefficient (Wildman–Crippen LogP) is 2.66. The molecule has 0 unspecified atom stereocenters. The summed E-state index contributed by atoms with van der Waals surface area (Å²) in [5.41, 5.74) is 0.983. The van der Waals surface area contributed by atoms with Crippen LogP contribution in [0.4, 0.5) is 4.39 Å². The SMILES string of the molecule is CCOc1ccc(CN(C)CCCCNC)cc1F. The molecule has 0 aliphatic heterocycles. The molecule has 0 saturated carbocycles. The summed E-state index contributed by atoms with van der Waals surface area (Å²) in [5.74, 6) is 0.0610. The van der Waals surface area contributed by atoms with Crippen LogP contribution in [0.15, 0.2) is 18.2 Å². The fourth-order valence-corrected chi connectivity index (χ4v) is 1.99. The summed E-state index contributed by atoms with van der Waals surface area (Å²) in [7, 11) is 4.03. The Balaban J connectivity index is 2.41. The zero-order chi connectivity index (χ0) is 14.1. The highest BCUT2D eigenvalue weighted by atomic mass is 19.1. The first-order chi connectivity index (χ1) is 9.17. The Hall–Kier alpha value is -1.13. The molecule has 3 nitrogen and oxygen atoms in total. The van der Waals surface area contributed by atoms with E-state index in [1.807, 2.05) is 20.0 Å². The van der Waals surface area contributed by atoms with Crippen molar-refractivity contribution in [3.8, 4) is 5.75 Å². The maximum absolute atomic E-state index is 13.7. The lowest BCUT2D eigenvalue weighted by molar-refractivity contribution is 0.312. The van der Waals surface area contributed by atoms with Gasteiger partial charge in [-0.15, -0.1) is 0 Å². The van der Waals surface area contributed by atoms with Gasteiger partial charge in [-0.2, -0.15) is 0 Å². The molecule has 1 rings (SSSR count). The van der Waals surface area contributed by atoms with Crippen molar-refractivity contribution in [2.45, 2.75) is 26.3 Å². The van der Waals surface area contributed by atoms with Crippen LogP contribution in [0.1, 0.15) is 25.3 Å². The number of rotatable bonds is 9. The van der Waals surface area contributed by atoms with Crippen molar-refractivity contribution >= 4 is 0 Å². The minimum Gasteiger partial charge on any atom is -0.491 e. The van der Waals surface area contributed by atoms with Gasteiger partial charge < -0.3 is 15.0 Å². The molecule has 0 aromatic heterocycles. The standard InChI is InChI=1S/C15H25FN2O/c1-4-19-15-8-7-13(11-14(15)16)12-18(3)10-6-5-9-17-2/h7-8,11,17H,4-6,9-10,12H2,1-3H3. The van der Waals surface area contributed by atoms with Crippen molar-refractivity contribution in [2.75, 3.05) is 33.8 Å². The first-order valence-electron chi connectivity index (χ1n) is 6.91. The van der Waals surface area contributed by atoms with E-state index in [0.29, 0.717) is 12.4 Å². The average Bonchev–Trinajstić information content (AvgIpc) is 2.38. The highest BCUT2D eigenvalue weighted by Crippen LogP contribution is 2.19. The average molecular weight is 268 g/mol. The highest BCUT2D eigenvalue weighted by molar-refractivity contribution is 5.29. The van der Waals surface area contributed by atoms with Gasteiger partial charge in [0.2, 0.25) is 0 Å². The van der Waals surface area contributed by atoms with Gasteiger partial charge >= 0.3 is 0 Å². The van der Waals surface area contributed by atoms with Gasteiger partial charge in [-0.1, -0.05) is 6.07 Å². The van der Waals surface area contributed by atoms with Crippen molar-refractivity contribution in [3.63, 3.8) is 0 Å². The summed E-state index contributed by atoms with van der Waals surface area (Å²) in [4.78, 5) is 2.21. The lowest BCUT2D eigenvalue weighted by Crippen LogP contribution is -2.20. The van der Waals surface area contributed by atoms with Crippen molar-refractivity contribution in [1.29, 1.82) is 0 Å². The molecule has 1 N–H and O–H groups in total. The van der Waals surface area contributed by atoms with Crippen LogP contribution in [-0.2, 0) is 6.54 Å². The molecule has 0 aliphatic rings. The normalized spacial score (nSPS) is 11.0. The van der Waals surface area contributed by atoms with Gasteiger partial charge in [0.25, 0.3) is 0 Å². The number of unbranched alkanes of at least 4 members (excludes halogenated alkanes) is 1. The molecule has 19 heavy (non-hydrogen) atoms. The van der Waals surface area contributed by atoms with Crippen LogP contribution in [0.5, 0.6) is 5.75 Å². The Kier molecular flexibility index (Phi) is 7.45. The van der Waals surface area contributed by atoms with Gasteiger partial charge in [-0.25, -0.2) is 4.39 Å². The summed E-state index contributed by atoms with van der Waals surface area (Å²) in [5, 5.41) is 3.13. The van der Waals surface area contributed by atoms with Gasteiger partial charge in [0, 0.05) is 6.54 Å². The number of nitrogens with one attached hydrogen (secondary N) is 1. The maximum Gasteiger partial charge on any atom is 0.165 e. The highest BCUT2D eigenvalue weighted by Gasteiger charge is 2.06. The van der Waals surface area contributed by atoms with Crippen molar-refractivity contribution in [1.82, 2.24) is 10.2 Å². The summed E-state index contributed by atoms with van der Waals surface area (Å²) in [6.07, 6.45) is 2.31. The topological polar surface area (TPSA) is 24.5 Å². The molecule has 0 heterocycles. The molecule has 108 valence electrons. The fourth-order valence-electron chi connectivity index (χ4n) is 1.99. The molecule has 0 amide bonds. The quantitative estimate of drug-likeness (QED) is 0.697. The Bertz CT molecular complexity index is 371. The second kappa shape index (κ2) is 8.88. The van der Waals surface area contributed by atoms with E-state index < -0.39 is 0 Å². The molecule has 0 saturated heterocycles. The second-order valence-corrected chi connectivity index (χ2v) is 4.75. The molecular formula is C15H25FN2O. The number of benzene rings is 1. The smallest absolute Gasteiger partial charge is 0.165 e. The first-order valence-corrected chi connectivity index (χ1v) is 6.91. The van der Waals surface area contributed by atoms with Crippen LogP contribution in [0.2, 0.25) is 0 Å². The Labute approximate surface area is 115 Å². The Morgan fingerprint density at radius 3 is 2.74 bits per heavy atom. The molecule has 0 fully saturated rings. The molecule has 0 aliphatic carbocycles. The van der Waals surface area contributed by atoms with Gasteiger partial charge in [-0.05, 0) is 64.6 Å². The Morgan fingerprint density at radius 2 is 2.11 bits per heavy atom. The van der Waals surface area contributed by atoms with Gasteiger partial charge in [0.05, 0.1) is 6.61 Å². The third kappa shape index (κ3) is 6.03. The van der Waals surface area contributed by atoms with E-state index in [-0.39, 0.29) is 5.82 Å². The van der Waals surface area contributed by atoms with Gasteiger partial charge in [-0.3, -0.25) is 0 Å². The zero-order valence-electron chi connectivity index (χ0n) is 12.2. The third-order valence-electron chi connectivity index (χ3n) is 2.97. The molecular weight excluding hydrogens is 243 g/mol. The van der Waals surface area contributed by atoms with E-state index in [1.54, 1.807) is 12.1 Å². The summed E-state index contributed by atoms with van der Waals surface area (Å²) >= 11 is 0.